The lowest BCUT2D eigenvalue weighted by Gasteiger charge is -1.96. The SMILES string of the molecule is O=c1c[c][nH]c2c(Cl)cccc12. The number of aromatic amines is 1. The van der Waals surface area contributed by atoms with Crippen LogP contribution in [0.4, 0.5) is 0 Å². The number of para-hydroxylation sites is 1. The fourth-order valence-electron chi connectivity index (χ4n) is 1.11. The van der Waals surface area contributed by atoms with Gasteiger partial charge in [-0.1, -0.05) is 17.7 Å². The van der Waals surface area contributed by atoms with Gasteiger partial charge in [0, 0.05) is 11.5 Å². The van der Waals surface area contributed by atoms with E-state index in [0.29, 0.717) is 15.9 Å². The number of hydrogen-bond acceptors (Lipinski definition) is 1. The molecule has 0 bridgehead atoms. The molecule has 0 fully saturated rings. The molecule has 0 aliphatic rings. The lowest BCUT2D eigenvalue weighted by Crippen LogP contribution is -1.99. The predicted molar refractivity (Wildman–Crippen MR) is 48.4 cm³/mol. The average molecular weight is 179 g/mol. The topological polar surface area (TPSA) is 32.9 Å². The summed E-state index contributed by atoms with van der Waals surface area (Å²) in [6.07, 6.45) is 2.62. The van der Waals surface area contributed by atoms with Crippen LogP contribution in [0.5, 0.6) is 0 Å². The summed E-state index contributed by atoms with van der Waals surface area (Å²) in [6.45, 7) is 0. The zero-order valence-electron chi connectivity index (χ0n) is 6.10. The maximum Gasteiger partial charge on any atom is 0.190 e. The van der Waals surface area contributed by atoms with Crippen molar-refractivity contribution in [2.45, 2.75) is 0 Å². The van der Waals surface area contributed by atoms with E-state index < -0.39 is 0 Å². The van der Waals surface area contributed by atoms with Crippen LogP contribution in [0, 0.1) is 6.20 Å². The van der Waals surface area contributed by atoms with E-state index in [-0.39, 0.29) is 5.43 Å². The normalized spacial score (nSPS) is 10.4. The number of aromatic nitrogens is 1. The maximum absolute atomic E-state index is 11.2. The number of fused-ring (bicyclic) bond motifs is 1. The highest BCUT2D eigenvalue weighted by atomic mass is 35.5. The first-order valence-electron chi connectivity index (χ1n) is 3.46. The van der Waals surface area contributed by atoms with Crippen molar-refractivity contribution in [2.24, 2.45) is 0 Å². The van der Waals surface area contributed by atoms with E-state index in [9.17, 15) is 4.79 Å². The number of nitrogens with one attached hydrogen (secondary N) is 1. The van der Waals surface area contributed by atoms with E-state index in [1.165, 1.54) is 6.07 Å². The quantitative estimate of drug-likeness (QED) is 0.658. The molecule has 0 aliphatic heterocycles. The molecule has 0 atom stereocenters. The highest BCUT2D eigenvalue weighted by molar-refractivity contribution is 6.34. The second kappa shape index (κ2) is 2.64. The number of H-pyrrole nitrogens is 1. The standard InChI is InChI=1S/C9H5ClNO/c10-7-3-1-2-6-8(12)4-5-11-9(6)7/h1-4H,(H,11,12). The highest BCUT2D eigenvalue weighted by Gasteiger charge is 1.99. The summed E-state index contributed by atoms with van der Waals surface area (Å²) in [5.41, 5.74) is 0.581. The molecule has 0 unspecified atom stereocenters. The van der Waals surface area contributed by atoms with Gasteiger partial charge in [0.2, 0.25) is 0 Å². The summed E-state index contributed by atoms with van der Waals surface area (Å²) in [4.78, 5) is 14.0. The molecule has 0 amide bonds. The molecule has 1 aromatic carbocycles. The Bertz CT molecular complexity index is 475. The molecule has 1 radical (unpaired) electrons. The van der Waals surface area contributed by atoms with Crippen LogP contribution in [-0.2, 0) is 0 Å². The monoisotopic (exact) mass is 178 g/mol. The van der Waals surface area contributed by atoms with E-state index in [2.05, 4.69) is 11.2 Å². The summed E-state index contributed by atoms with van der Waals surface area (Å²) >= 11 is 5.84. The molecule has 2 nitrogen and oxygen atoms in total. The van der Waals surface area contributed by atoms with Crippen molar-refractivity contribution < 1.29 is 0 Å². The molecule has 1 aromatic heterocycles. The van der Waals surface area contributed by atoms with Gasteiger partial charge in [0.1, 0.15) is 0 Å². The van der Waals surface area contributed by atoms with Crippen molar-refractivity contribution in [3.8, 4) is 0 Å². The molecule has 0 saturated heterocycles. The molecule has 0 aliphatic carbocycles. The van der Waals surface area contributed by atoms with Gasteiger partial charge in [0.05, 0.1) is 16.7 Å². The molecule has 2 aromatic rings. The number of benzene rings is 1. The largest absolute Gasteiger partial charge is 0.352 e. The number of hydrogen-bond donors (Lipinski definition) is 1. The summed E-state index contributed by atoms with van der Waals surface area (Å²) in [5.74, 6) is 0. The van der Waals surface area contributed by atoms with E-state index >= 15 is 0 Å². The highest BCUT2D eigenvalue weighted by Crippen LogP contribution is 2.17. The first-order valence-corrected chi connectivity index (χ1v) is 3.84. The Balaban J connectivity index is 3.05. The van der Waals surface area contributed by atoms with Gasteiger partial charge in [-0.2, -0.15) is 0 Å². The first kappa shape index (κ1) is 7.37. The summed E-state index contributed by atoms with van der Waals surface area (Å²) in [6, 6.07) is 6.57. The van der Waals surface area contributed by atoms with Gasteiger partial charge in [-0.25, -0.2) is 0 Å². The van der Waals surface area contributed by atoms with Crippen LogP contribution in [0.2, 0.25) is 5.02 Å². The van der Waals surface area contributed by atoms with Crippen molar-refractivity contribution in [3.05, 3.63) is 45.7 Å². The Kier molecular flexibility index (Phi) is 1.62. The fourth-order valence-corrected chi connectivity index (χ4v) is 1.33. The second-order valence-corrected chi connectivity index (χ2v) is 2.85. The van der Waals surface area contributed by atoms with E-state index in [1.807, 2.05) is 0 Å². The smallest absolute Gasteiger partial charge is 0.190 e. The van der Waals surface area contributed by atoms with Crippen molar-refractivity contribution in [2.75, 3.05) is 0 Å². The molecule has 1 heterocycles. The molecule has 59 valence electrons. The minimum absolute atomic E-state index is 0.0637. The van der Waals surface area contributed by atoms with Crippen LogP contribution < -0.4 is 5.43 Å². The minimum Gasteiger partial charge on any atom is -0.352 e. The number of halogens is 1. The molecule has 0 saturated carbocycles. The first-order chi connectivity index (χ1) is 5.79. The lowest BCUT2D eigenvalue weighted by atomic mass is 10.2. The van der Waals surface area contributed by atoms with Gasteiger partial charge >= 0.3 is 0 Å². The molecule has 2 rings (SSSR count). The van der Waals surface area contributed by atoms with Crippen LogP contribution in [0.1, 0.15) is 0 Å². The predicted octanol–water partition coefficient (Wildman–Crippen LogP) is 1.98. The van der Waals surface area contributed by atoms with E-state index in [4.69, 9.17) is 11.6 Å². The van der Waals surface area contributed by atoms with Gasteiger partial charge in [-0.3, -0.25) is 4.79 Å². The van der Waals surface area contributed by atoms with Gasteiger partial charge < -0.3 is 4.98 Å². The van der Waals surface area contributed by atoms with Crippen LogP contribution >= 0.6 is 11.6 Å². The third-order valence-corrected chi connectivity index (χ3v) is 1.99. The summed E-state index contributed by atoms with van der Waals surface area (Å²) in [7, 11) is 0. The number of pyridine rings is 1. The van der Waals surface area contributed by atoms with Gasteiger partial charge in [-0.15, -0.1) is 0 Å². The van der Waals surface area contributed by atoms with E-state index in [0.717, 1.165) is 0 Å². The summed E-state index contributed by atoms with van der Waals surface area (Å²) in [5, 5.41) is 1.14. The van der Waals surface area contributed by atoms with Crippen molar-refractivity contribution >= 4 is 22.5 Å². The Hall–Kier alpha value is -1.28. The Morgan fingerprint density at radius 3 is 3.00 bits per heavy atom. The van der Waals surface area contributed by atoms with Gasteiger partial charge in [-0.05, 0) is 12.1 Å². The van der Waals surface area contributed by atoms with Crippen molar-refractivity contribution in [3.63, 3.8) is 0 Å². The Labute approximate surface area is 73.8 Å². The third kappa shape index (κ3) is 1.01. The molecule has 1 N–H and O–H groups in total. The summed E-state index contributed by atoms with van der Waals surface area (Å²) < 4.78 is 0. The minimum atomic E-state index is -0.0637. The maximum atomic E-state index is 11.2. The van der Waals surface area contributed by atoms with Gasteiger partial charge in [0.25, 0.3) is 0 Å². The zero-order chi connectivity index (χ0) is 8.55. The second-order valence-electron chi connectivity index (χ2n) is 2.44. The Morgan fingerprint density at radius 2 is 2.25 bits per heavy atom. The van der Waals surface area contributed by atoms with Crippen LogP contribution in [0.3, 0.4) is 0 Å². The average Bonchev–Trinajstić information content (AvgIpc) is 2.07. The fraction of sp³-hybridized carbons (Fsp3) is 0. The van der Waals surface area contributed by atoms with Gasteiger partial charge in [0.15, 0.2) is 5.43 Å². The Morgan fingerprint density at radius 1 is 1.42 bits per heavy atom. The van der Waals surface area contributed by atoms with Crippen LogP contribution in [0.25, 0.3) is 10.9 Å². The molecule has 0 spiro atoms. The van der Waals surface area contributed by atoms with Crippen LogP contribution in [0.15, 0.2) is 29.1 Å². The van der Waals surface area contributed by atoms with Crippen LogP contribution in [-0.4, -0.2) is 4.98 Å². The zero-order valence-corrected chi connectivity index (χ0v) is 6.85. The van der Waals surface area contributed by atoms with Crippen molar-refractivity contribution in [1.82, 2.24) is 4.98 Å². The van der Waals surface area contributed by atoms with Crippen molar-refractivity contribution in [1.29, 1.82) is 0 Å². The van der Waals surface area contributed by atoms with E-state index in [1.54, 1.807) is 18.2 Å². The number of rotatable bonds is 0. The third-order valence-electron chi connectivity index (χ3n) is 1.68. The molecular formula is C9H5ClNO. The molecular weight excluding hydrogens is 174 g/mol. The molecule has 3 heteroatoms. The lowest BCUT2D eigenvalue weighted by molar-refractivity contribution is 1.37. The molecule has 12 heavy (non-hydrogen) atoms.